The number of hydrogen-bond acceptors (Lipinski definition) is 3. The molecule has 1 aromatic heterocycles. The number of ether oxygens (including phenoxy) is 1. The van der Waals surface area contributed by atoms with Crippen molar-refractivity contribution in [3.05, 3.63) is 22.4 Å². The van der Waals surface area contributed by atoms with Crippen LogP contribution < -0.4 is 5.32 Å². The minimum atomic E-state index is 0.488. The second-order valence-corrected chi connectivity index (χ2v) is 4.38. The molecule has 2 heterocycles. The van der Waals surface area contributed by atoms with Crippen LogP contribution in [0.5, 0.6) is 0 Å². The van der Waals surface area contributed by atoms with Crippen LogP contribution in [0.25, 0.3) is 0 Å². The zero-order valence-corrected chi connectivity index (χ0v) is 8.64. The van der Waals surface area contributed by atoms with Gasteiger partial charge in [0.05, 0.1) is 6.61 Å². The molecule has 2 rings (SSSR count). The Morgan fingerprint density at radius 1 is 1.69 bits per heavy atom. The van der Waals surface area contributed by atoms with Crippen LogP contribution in [-0.2, 0) is 4.74 Å². The van der Waals surface area contributed by atoms with E-state index in [0.717, 1.165) is 13.2 Å². The van der Waals surface area contributed by atoms with E-state index >= 15 is 0 Å². The summed E-state index contributed by atoms with van der Waals surface area (Å²) < 4.78 is 5.40. The molecular formula is C10H15NOS. The molecule has 1 fully saturated rings. The minimum absolute atomic E-state index is 0.488. The van der Waals surface area contributed by atoms with Crippen molar-refractivity contribution in [1.82, 2.24) is 5.32 Å². The van der Waals surface area contributed by atoms with Crippen molar-refractivity contribution in [3.63, 3.8) is 0 Å². The highest BCUT2D eigenvalue weighted by atomic mass is 32.1. The Balaban J connectivity index is 2.08. The van der Waals surface area contributed by atoms with Gasteiger partial charge in [-0.05, 0) is 24.9 Å². The molecule has 0 aromatic carbocycles. The van der Waals surface area contributed by atoms with E-state index in [9.17, 15) is 0 Å². The third kappa shape index (κ3) is 1.93. The first-order valence-electron chi connectivity index (χ1n) is 4.70. The standard InChI is InChI=1S/C10H15NOS/c1-11-10(8-4-5-12-7-8)9-3-2-6-13-9/h2-3,6,8,10-11H,4-5,7H2,1H3. The molecule has 0 aliphatic carbocycles. The van der Waals surface area contributed by atoms with Crippen molar-refractivity contribution in [2.75, 3.05) is 20.3 Å². The molecule has 1 aliphatic heterocycles. The van der Waals surface area contributed by atoms with Gasteiger partial charge in [-0.3, -0.25) is 0 Å². The molecule has 0 bridgehead atoms. The summed E-state index contributed by atoms with van der Waals surface area (Å²) in [7, 11) is 2.03. The van der Waals surface area contributed by atoms with Gasteiger partial charge in [-0.15, -0.1) is 11.3 Å². The maximum atomic E-state index is 5.40. The lowest BCUT2D eigenvalue weighted by Crippen LogP contribution is -2.24. The molecule has 2 nitrogen and oxygen atoms in total. The van der Waals surface area contributed by atoms with E-state index < -0.39 is 0 Å². The minimum Gasteiger partial charge on any atom is -0.381 e. The molecule has 0 radical (unpaired) electrons. The lowest BCUT2D eigenvalue weighted by atomic mass is 9.98. The first kappa shape index (κ1) is 9.19. The lowest BCUT2D eigenvalue weighted by molar-refractivity contribution is 0.178. The van der Waals surface area contributed by atoms with Crippen LogP contribution in [0.1, 0.15) is 17.3 Å². The molecule has 1 aromatic rings. The number of hydrogen-bond donors (Lipinski definition) is 1. The maximum absolute atomic E-state index is 5.40. The fourth-order valence-electron chi connectivity index (χ4n) is 1.89. The SMILES string of the molecule is CNC(c1cccs1)C1CCOC1. The molecule has 1 saturated heterocycles. The summed E-state index contributed by atoms with van der Waals surface area (Å²) in [5.41, 5.74) is 0. The first-order valence-corrected chi connectivity index (χ1v) is 5.58. The molecule has 0 amide bonds. The molecule has 1 N–H and O–H groups in total. The zero-order valence-electron chi connectivity index (χ0n) is 7.82. The van der Waals surface area contributed by atoms with Crippen molar-refractivity contribution in [3.8, 4) is 0 Å². The molecule has 72 valence electrons. The van der Waals surface area contributed by atoms with Gasteiger partial charge < -0.3 is 10.1 Å². The maximum Gasteiger partial charge on any atom is 0.0513 e. The smallest absolute Gasteiger partial charge is 0.0513 e. The molecule has 1 aliphatic rings. The van der Waals surface area contributed by atoms with Crippen molar-refractivity contribution < 1.29 is 4.74 Å². The Kier molecular flexibility index (Phi) is 2.98. The summed E-state index contributed by atoms with van der Waals surface area (Å²) in [6, 6.07) is 4.80. The van der Waals surface area contributed by atoms with Gasteiger partial charge in [0.2, 0.25) is 0 Å². The lowest BCUT2D eigenvalue weighted by Gasteiger charge is -2.20. The van der Waals surface area contributed by atoms with Gasteiger partial charge in [0.15, 0.2) is 0 Å². The monoisotopic (exact) mass is 197 g/mol. The number of rotatable bonds is 3. The van der Waals surface area contributed by atoms with E-state index in [2.05, 4.69) is 22.8 Å². The van der Waals surface area contributed by atoms with Gasteiger partial charge in [0.25, 0.3) is 0 Å². The molecule has 13 heavy (non-hydrogen) atoms. The van der Waals surface area contributed by atoms with Crippen LogP contribution in [-0.4, -0.2) is 20.3 Å². The molecule has 2 atom stereocenters. The Morgan fingerprint density at radius 3 is 3.15 bits per heavy atom. The Morgan fingerprint density at radius 2 is 2.62 bits per heavy atom. The van der Waals surface area contributed by atoms with E-state index in [0.29, 0.717) is 12.0 Å². The Bertz CT molecular complexity index is 241. The highest BCUT2D eigenvalue weighted by Gasteiger charge is 2.26. The average molecular weight is 197 g/mol. The topological polar surface area (TPSA) is 21.3 Å². The largest absolute Gasteiger partial charge is 0.381 e. The summed E-state index contributed by atoms with van der Waals surface area (Å²) in [5, 5.41) is 5.51. The van der Waals surface area contributed by atoms with Gasteiger partial charge >= 0.3 is 0 Å². The van der Waals surface area contributed by atoms with Gasteiger partial charge in [-0.2, -0.15) is 0 Å². The Labute approximate surface area is 82.9 Å². The van der Waals surface area contributed by atoms with Crippen LogP contribution in [0.2, 0.25) is 0 Å². The fourth-order valence-corrected chi connectivity index (χ4v) is 2.82. The van der Waals surface area contributed by atoms with Crippen LogP contribution in [0.4, 0.5) is 0 Å². The quantitative estimate of drug-likeness (QED) is 0.800. The molecule has 2 unspecified atom stereocenters. The normalized spacial score (nSPS) is 24.8. The van der Waals surface area contributed by atoms with Gasteiger partial charge in [0, 0.05) is 23.4 Å². The van der Waals surface area contributed by atoms with E-state index in [4.69, 9.17) is 4.74 Å². The molecule has 0 saturated carbocycles. The summed E-state index contributed by atoms with van der Waals surface area (Å²) in [5.74, 6) is 0.656. The molecule has 3 heteroatoms. The number of nitrogens with one attached hydrogen (secondary N) is 1. The van der Waals surface area contributed by atoms with Crippen molar-refractivity contribution >= 4 is 11.3 Å². The third-order valence-electron chi connectivity index (χ3n) is 2.60. The molecular weight excluding hydrogens is 182 g/mol. The predicted octanol–water partition coefficient (Wildman–Crippen LogP) is 2.05. The van der Waals surface area contributed by atoms with Crippen LogP contribution >= 0.6 is 11.3 Å². The van der Waals surface area contributed by atoms with Crippen molar-refractivity contribution in [2.24, 2.45) is 5.92 Å². The van der Waals surface area contributed by atoms with Crippen LogP contribution in [0.3, 0.4) is 0 Å². The van der Waals surface area contributed by atoms with Crippen LogP contribution in [0, 0.1) is 5.92 Å². The summed E-state index contributed by atoms with van der Waals surface area (Å²) in [6.07, 6.45) is 1.18. The third-order valence-corrected chi connectivity index (χ3v) is 3.55. The summed E-state index contributed by atoms with van der Waals surface area (Å²) in [6.45, 7) is 1.83. The average Bonchev–Trinajstić information content (AvgIpc) is 2.76. The first-order chi connectivity index (χ1) is 6.42. The van der Waals surface area contributed by atoms with E-state index in [1.165, 1.54) is 11.3 Å². The van der Waals surface area contributed by atoms with E-state index in [-0.39, 0.29) is 0 Å². The van der Waals surface area contributed by atoms with Gasteiger partial charge in [0.1, 0.15) is 0 Å². The second-order valence-electron chi connectivity index (χ2n) is 3.41. The summed E-state index contributed by atoms with van der Waals surface area (Å²) >= 11 is 1.82. The van der Waals surface area contributed by atoms with E-state index in [1.54, 1.807) is 0 Å². The highest BCUT2D eigenvalue weighted by molar-refractivity contribution is 7.10. The number of thiophene rings is 1. The van der Waals surface area contributed by atoms with E-state index in [1.807, 2.05) is 18.4 Å². The summed E-state index contributed by atoms with van der Waals surface area (Å²) in [4.78, 5) is 1.43. The highest BCUT2D eigenvalue weighted by Crippen LogP contribution is 2.30. The molecule has 0 spiro atoms. The second kappa shape index (κ2) is 4.22. The van der Waals surface area contributed by atoms with Crippen LogP contribution in [0.15, 0.2) is 17.5 Å². The predicted molar refractivity (Wildman–Crippen MR) is 55.0 cm³/mol. The zero-order chi connectivity index (χ0) is 9.10. The van der Waals surface area contributed by atoms with Crippen molar-refractivity contribution in [1.29, 1.82) is 0 Å². The Hall–Kier alpha value is -0.380. The van der Waals surface area contributed by atoms with Gasteiger partial charge in [-0.1, -0.05) is 6.07 Å². The van der Waals surface area contributed by atoms with Crippen molar-refractivity contribution in [2.45, 2.75) is 12.5 Å². The van der Waals surface area contributed by atoms with Gasteiger partial charge in [-0.25, -0.2) is 0 Å². The fraction of sp³-hybridized carbons (Fsp3) is 0.600.